The minimum Gasteiger partial charge on any atom is -0.316 e. The van der Waals surface area contributed by atoms with Gasteiger partial charge in [0.25, 0.3) is 0 Å². The fourth-order valence-electron chi connectivity index (χ4n) is 2.48. The zero-order chi connectivity index (χ0) is 14.3. The predicted octanol–water partition coefficient (Wildman–Crippen LogP) is 3.70. The fraction of sp³-hybridized carbons (Fsp3) is 0.800. The molecule has 110 valence electrons. The van der Waals surface area contributed by atoms with Crippen LogP contribution in [0.1, 0.15) is 51.4 Å². The van der Waals surface area contributed by atoms with Gasteiger partial charge in [-0.15, -0.1) is 0 Å². The van der Waals surface area contributed by atoms with E-state index in [4.69, 9.17) is 0 Å². The van der Waals surface area contributed by atoms with Crippen LogP contribution in [0.25, 0.3) is 0 Å². The van der Waals surface area contributed by atoms with Crippen LogP contribution in [0.4, 0.5) is 0 Å². The number of aromatic nitrogens is 2. The molecule has 0 spiro atoms. The molecule has 0 aromatic carbocycles. The van der Waals surface area contributed by atoms with E-state index in [1.165, 1.54) is 35.1 Å². The second kappa shape index (κ2) is 8.75. The van der Waals surface area contributed by atoms with Crippen molar-refractivity contribution in [2.75, 3.05) is 13.1 Å². The molecule has 19 heavy (non-hydrogen) atoms. The number of aryl methyl sites for hydroxylation is 2. The third kappa shape index (κ3) is 4.92. The van der Waals surface area contributed by atoms with E-state index in [1.807, 2.05) is 4.68 Å². The molecule has 1 aromatic rings. The first-order valence-corrected chi connectivity index (χ1v) is 8.34. The summed E-state index contributed by atoms with van der Waals surface area (Å²) in [6.45, 7) is 8.87. The number of halogens is 1. The van der Waals surface area contributed by atoms with Gasteiger partial charge in [0.15, 0.2) is 0 Å². The Kier molecular flexibility index (Phi) is 7.69. The number of rotatable bonds is 9. The lowest BCUT2D eigenvalue weighted by atomic mass is 9.97. The molecule has 0 fully saturated rings. The molecule has 1 aromatic heterocycles. The molecule has 1 heterocycles. The molecular formula is C15H28BrN3. The number of nitrogens with one attached hydrogen (secondary N) is 1. The van der Waals surface area contributed by atoms with Gasteiger partial charge in [0.1, 0.15) is 0 Å². The summed E-state index contributed by atoms with van der Waals surface area (Å²) in [7, 11) is 2.06. The van der Waals surface area contributed by atoms with Crippen LogP contribution >= 0.6 is 15.9 Å². The maximum Gasteiger partial charge on any atom is 0.0766 e. The van der Waals surface area contributed by atoms with E-state index in [9.17, 15) is 0 Å². The molecule has 1 rings (SSSR count). The predicted molar refractivity (Wildman–Crippen MR) is 85.5 cm³/mol. The minimum atomic E-state index is 0.702. The van der Waals surface area contributed by atoms with Gasteiger partial charge >= 0.3 is 0 Å². The van der Waals surface area contributed by atoms with Crippen molar-refractivity contribution >= 4 is 15.9 Å². The lowest BCUT2D eigenvalue weighted by Crippen LogP contribution is -2.25. The van der Waals surface area contributed by atoms with E-state index < -0.39 is 0 Å². The third-order valence-corrected chi connectivity index (χ3v) is 4.46. The Morgan fingerprint density at radius 2 is 2.00 bits per heavy atom. The van der Waals surface area contributed by atoms with E-state index in [0.29, 0.717) is 5.92 Å². The van der Waals surface area contributed by atoms with Gasteiger partial charge in [-0.2, -0.15) is 5.10 Å². The molecule has 0 saturated carbocycles. The van der Waals surface area contributed by atoms with Gasteiger partial charge in [-0.05, 0) is 60.6 Å². The zero-order valence-corrected chi connectivity index (χ0v) is 14.4. The molecule has 1 N–H and O–H groups in total. The van der Waals surface area contributed by atoms with Crippen molar-refractivity contribution in [2.45, 2.75) is 52.9 Å². The molecule has 0 amide bonds. The first-order chi connectivity index (χ1) is 9.13. The van der Waals surface area contributed by atoms with Crippen molar-refractivity contribution in [3.63, 3.8) is 0 Å². The second-order valence-corrected chi connectivity index (χ2v) is 6.04. The summed E-state index contributed by atoms with van der Waals surface area (Å²) in [5.41, 5.74) is 2.52. The molecule has 0 bridgehead atoms. The molecule has 0 aliphatic rings. The molecule has 3 nitrogen and oxygen atoms in total. The maximum atomic E-state index is 4.59. The average molecular weight is 330 g/mol. The molecule has 0 saturated heterocycles. The van der Waals surface area contributed by atoms with Gasteiger partial charge in [0.2, 0.25) is 0 Å². The zero-order valence-electron chi connectivity index (χ0n) is 12.8. The maximum absolute atomic E-state index is 4.59. The number of hydrogen-bond acceptors (Lipinski definition) is 2. The van der Waals surface area contributed by atoms with E-state index in [2.05, 4.69) is 54.2 Å². The summed E-state index contributed by atoms with van der Waals surface area (Å²) in [6.07, 6.45) is 5.81. The summed E-state index contributed by atoms with van der Waals surface area (Å²) in [4.78, 5) is 0. The van der Waals surface area contributed by atoms with Crippen LogP contribution in [0.2, 0.25) is 0 Å². The van der Waals surface area contributed by atoms with Crippen LogP contribution in [0.15, 0.2) is 4.47 Å². The molecule has 0 aliphatic carbocycles. The standard InChI is InChI=1S/C15H28BrN3/c1-5-8-12(11-17-9-6-2)10-14-15(16)13(7-3)18-19(14)4/h12,17H,5-11H2,1-4H3. The highest BCUT2D eigenvalue weighted by Gasteiger charge is 2.17. The van der Waals surface area contributed by atoms with Crippen molar-refractivity contribution < 1.29 is 0 Å². The lowest BCUT2D eigenvalue weighted by Gasteiger charge is -2.17. The highest BCUT2D eigenvalue weighted by molar-refractivity contribution is 9.10. The highest BCUT2D eigenvalue weighted by atomic mass is 79.9. The third-order valence-electron chi connectivity index (χ3n) is 3.54. The van der Waals surface area contributed by atoms with Gasteiger partial charge in [0.05, 0.1) is 15.9 Å². The van der Waals surface area contributed by atoms with Crippen LogP contribution in [0.5, 0.6) is 0 Å². The summed E-state index contributed by atoms with van der Waals surface area (Å²) in [5.74, 6) is 0.702. The van der Waals surface area contributed by atoms with Crippen LogP contribution in [0, 0.1) is 5.92 Å². The monoisotopic (exact) mass is 329 g/mol. The fourth-order valence-corrected chi connectivity index (χ4v) is 3.26. The largest absolute Gasteiger partial charge is 0.316 e. The Hall–Kier alpha value is -0.350. The normalized spacial score (nSPS) is 12.9. The number of hydrogen-bond donors (Lipinski definition) is 1. The summed E-state index contributed by atoms with van der Waals surface area (Å²) >= 11 is 3.72. The average Bonchev–Trinajstić information content (AvgIpc) is 2.66. The molecule has 0 aliphatic heterocycles. The van der Waals surface area contributed by atoms with Crippen molar-refractivity contribution in [3.8, 4) is 0 Å². The first kappa shape index (κ1) is 16.7. The van der Waals surface area contributed by atoms with Crippen molar-refractivity contribution in [2.24, 2.45) is 13.0 Å². The number of nitrogens with zero attached hydrogens (tertiary/aromatic N) is 2. The van der Waals surface area contributed by atoms with Crippen LogP contribution in [-0.2, 0) is 19.9 Å². The summed E-state index contributed by atoms with van der Waals surface area (Å²) < 4.78 is 3.26. The minimum absolute atomic E-state index is 0.702. The lowest BCUT2D eigenvalue weighted by molar-refractivity contribution is 0.428. The SMILES string of the molecule is CCCNCC(CCC)Cc1c(Br)c(CC)nn1C. The van der Waals surface area contributed by atoms with Gasteiger partial charge in [0, 0.05) is 7.05 Å². The highest BCUT2D eigenvalue weighted by Crippen LogP contribution is 2.25. The van der Waals surface area contributed by atoms with Crippen LogP contribution < -0.4 is 5.32 Å². The van der Waals surface area contributed by atoms with Gasteiger partial charge < -0.3 is 5.32 Å². The van der Waals surface area contributed by atoms with Gasteiger partial charge in [-0.1, -0.05) is 27.2 Å². The Labute approximate surface area is 126 Å². The van der Waals surface area contributed by atoms with E-state index in [0.717, 1.165) is 25.9 Å². The Morgan fingerprint density at radius 1 is 1.26 bits per heavy atom. The molecule has 1 unspecified atom stereocenters. The van der Waals surface area contributed by atoms with Crippen molar-refractivity contribution in [3.05, 3.63) is 15.9 Å². The van der Waals surface area contributed by atoms with E-state index in [1.54, 1.807) is 0 Å². The van der Waals surface area contributed by atoms with E-state index in [-0.39, 0.29) is 0 Å². The Balaban J connectivity index is 2.69. The van der Waals surface area contributed by atoms with Crippen molar-refractivity contribution in [1.29, 1.82) is 0 Å². The molecule has 4 heteroatoms. The van der Waals surface area contributed by atoms with Crippen LogP contribution in [-0.4, -0.2) is 22.9 Å². The smallest absolute Gasteiger partial charge is 0.0766 e. The summed E-state index contributed by atoms with van der Waals surface area (Å²) in [5, 5.41) is 8.14. The molecule has 1 atom stereocenters. The van der Waals surface area contributed by atoms with Gasteiger partial charge in [-0.25, -0.2) is 0 Å². The Bertz CT molecular complexity index is 374. The second-order valence-electron chi connectivity index (χ2n) is 5.25. The van der Waals surface area contributed by atoms with Gasteiger partial charge in [-0.3, -0.25) is 4.68 Å². The van der Waals surface area contributed by atoms with Crippen LogP contribution in [0.3, 0.4) is 0 Å². The Morgan fingerprint density at radius 3 is 2.53 bits per heavy atom. The topological polar surface area (TPSA) is 29.9 Å². The quantitative estimate of drug-likeness (QED) is 0.700. The van der Waals surface area contributed by atoms with E-state index >= 15 is 0 Å². The van der Waals surface area contributed by atoms with Crippen molar-refractivity contribution in [1.82, 2.24) is 15.1 Å². The summed E-state index contributed by atoms with van der Waals surface area (Å²) in [6, 6.07) is 0. The molecular weight excluding hydrogens is 302 g/mol. The molecule has 0 radical (unpaired) electrons. The first-order valence-electron chi connectivity index (χ1n) is 7.54.